The second kappa shape index (κ2) is 7.52. The lowest BCUT2D eigenvalue weighted by atomic mass is 10.1. The molecule has 5 rings (SSSR count). The highest BCUT2D eigenvalue weighted by Gasteiger charge is 2.32. The first-order valence-electron chi connectivity index (χ1n) is 9.16. The van der Waals surface area contributed by atoms with E-state index >= 15 is 0 Å². The van der Waals surface area contributed by atoms with E-state index in [0.29, 0.717) is 34.4 Å². The van der Waals surface area contributed by atoms with E-state index in [1.165, 1.54) is 11.8 Å². The molecular formula is C22H15N5OS. The zero-order valence-electron chi connectivity index (χ0n) is 15.3. The van der Waals surface area contributed by atoms with Gasteiger partial charge in [0.1, 0.15) is 11.4 Å². The Morgan fingerprint density at radius 3 is 2.17 bits per heavy atom. The maximum atomic E-state index is 12.7. The van der Waals surface area contributed by atoms with Crippen LogP contribution in [0.15, 0.2) is 78.2 Å². The standard InChI is InChI=1S/C22H15N5OS/c28-21-15-8-2-1-7-14(15)13-18(21)29-22-25-19(16-9-3-5-11-23-16)20(26-27-22)17-10-4-6-12-24-17/h1-12,18H,13H2/t18-/m1/s1. The van der Waals surface area contributed by atoms with Crippen LogP contribution in [0.5, 0.6) is 0 Å². The number of hydrogen-bond donors (Lipinski definition) is 0. The number of benzene rings is 1. The van der Waals surface area contributed by atoms with E-state index in [1.54, 1.807) is 12.4 Å². The Morgan fingerprint density at radius 1 is 0.793 bits per heavy atom. The normalized spacial score (nSPS) is 15.3. The van der Waals surface area contributed by atoms with Crippen molar-refractivity contribution < 1.29 is 4.79 Å². The molecule has 1 aliphatic rings. The third-order valence-corrected chi connectivity index (χ3v) is 5.76. The highest BCUT2D eigenvalue weighted by molar-refractivity contribution is 8.00. The van der Waals surface area contributed by atoms with Crippen LogP contribution >= 0.6 is 11.8 Å². The summed E-state index contributed by atoms with van der Waals surface area (Å²) in [6.45, 7) is 0. The van der Waals surface area contributed by atoms with Crippen molar-refractivity contribution in [1.29, 1.82) is 0 Å². The fraction of sp³-hybridized carbons (Fsp3) is 0.0909. The van der Waals surface area contributed by atoms with Crippen LogP contribution in [-0.4, -0.2) is 36.2 Å². The molecule has 140 valence electrons. The zero-order valence-corrected chi connectivity index (χ0v) is 16.1. The van der Waals surface area contributed by atoms with Gasteiger partial charge in [-0.15, -0.1) is 10.2 Å². The largest absolute Gasteiger partial charge is 0.293 e. The predicted molar refractivity (Wildman–Crippen MR) is 110 cm³/mol. The third-order valence-electron chi connectivity index (χ3n) is 4.71. The van der Waals surface area contributed by atoms with Crippen LogP contribution in [0.1, 0.15) is 15.9 Å². The third kappa shape index (κ3) is 3.40. The van der Waals surface area contributed by atoms with Crippen LogP contribution in [0.2, 0.25) is 0 Å². The summed E-state index contributed by atoms with van der Waals surface area (Å²) in [7, 11) is 0. The van der Waals surface area contributed by atoms with Crippen molar-refractivity contribution in [2.45, 2.75) is 16.8 Å². The monoisotopic (exact) mass is 397 g/mol. The predicted octanol–water partition coefficient (Wildman–Crippen LogP) is 3.90. The number of fused-ring (bicyclic) bond motifs is 1. The average Bonchev–Trinajstić information content (AvgIpc) is 3.10. The minimum absolute atomic E-state index is 0.113. The Hall–Kier alpha value is -3.45. The molecule has 29 heavy (non-hydrogen) atoms. The van der Waals surface area contributed by atoms with Gasteiger partial charge in [0.15, 0.2) is 5.78 Å². The number of carbonyl (C=O) groups is 1. The number of nitrogens with zero attached hydrogens (tertiary/aromatic N) is 5. The quantitative estimate of drug-likeness (QED) is 0.517. The molecule has 0 amide bonds. The van der Waals surface area contributed by atoms with E-state index in [4.69, 9.17) is 4.98 Å². The molecule has 1 atom stereocenters. The molecule has 0 saturated heterocycles. The summed E-state index contributed by atoms with van der Waals surface area (Å²) in [6, 6.07) is 18.9. The molecule has 0 fully saturated rings. The molecule has 0 N–H and O–H groups in total. The van der Waals surface area contributed by atoms with Gasteiger partial charge in [-0.05, 0) is 36.2 Å². The molecule has 0 saturated carbocycles. The molecule has 3 heterocycles. The molecule has 0 bridgehead atoms. The summed E-state index contributed by atoms with van der Waals surface area (Å²) >= 11 is 1.35. The van der Waals surface area contributed by atoms with E-state index in [-0.39, 0.29) is 11.0 Å². The van der Waals surface area contributed by atoms with Gasteiger partial charge in [0.25, 0.3) is 0 Å². The first-order valence-corrected chi connectivity index (χ1v) is 10.0. The summed E-state index contributed by atoms with van der Waals surface area (Å²) in [5.74, 6) is 0.113. The number of carbonyl (C=O) groups excluding carboxylic acids is 1. The molecule has 1 aliphatic carbocycles. The number of rotatable bonds is 4. The van der Waals surface area contributed by atoms with E-state index in [9.17, 15) is 4.79 Å². The Morgan fingerprint density at radius 2 is 1.48 bits per heavy atom. The highest BCUT2D eigenvalue weighted by atomic mass is 32.2. The van der Waals surface area contributed by atoms with Crippen molar-refractivity contribution in [2.75, 3.05) is 0 Å². The number of aromatic nitrogens is 5. The van der Waals surface area contributed by atoms with Crippen LogP contribution in [0.25, 0.3) is 22.8 Å². The van der Waals surface area contributed by atoms with Gasteiger partial charge >= 0.3 is 0 Å². The highest BCUT2D eigenvalue weighted by Crippen LogP contribution is 2.34. The number of ketones is 1. The fourth-order valence-electron chi connectivity index (χ4n) is 3.34. The van der Waals surface area contributed by atoms with Gasteiger partial charge in [-0.2, -0.15) is 0 Å². The maximum Gasteiger partial charge on any atom is 0.210 e. The molecule has 0 radical (unpaired) electrons. The number of thioether (sulfide) groups is 1. The van der Waals surface area contributed by atoms with Gasteiger partial charge in [0, 0.05) is 18.0 Å². The second-order valence-corrected chi connectivity index (χ2v) is 7.72. The first kappa shape index (κ1) is 17.6. The Labute approximate surface area is 171 Å². The van der Waals surface area contributed by atoms with Gasteiger partial charge in [0.05, 0.1) is 16.6 Å². The van der Waals surface area contributed by atoms with Crippen LogP contribution in [0, 0.1) is 0 Å². The summed E-state index contributed by atoms with van der Waals surface area (Å²) < 4.78 is 0. The van der Waals surface area contributed by atoms with Crippen LogP contribution in [-0.2, 0) is 6.42 Å². The fourth-order valence-corrected chi connectivity index (χ4v) is 4.33. The van der Waals surface area contributed by atoms with Gasteiger partial charge in [-0.1, -0.05) is 48.2 Å². The van der Waals surface area contributed by atoms with Crippen LogP contribution in [0.4, 0.5) is 0 Å². The van der Waals surface area contributed by atoms with Crippen molar-refractivity contribution >= 4 is 17.5 Å². The number of pyridine rings is 2. The SMILES string of the molecule is O=C1c2ccccc2C[C@H]1Sc1nnc(-c2ccccn2)c(-c2ccccn2)n1. The van der Waals surface area contributed by atoms with E-state index < -0.39 is 0 Å². The molecule has 1 aromatic carbocycles. The van der Waals surface area contributed by atoms with Crippen molar-refractivity contribution in [3.8, 4) is 22.8 Å². The molecule has 7 heteroatoms. The second-order valence-electron chi connectivity index (χ2n) is 6.55. The first-order chi connectivity index (χ1) is 14.3. The minimum atomic E-state index is -0.244. The van der Waals surface area contributed by atoms with Gasteiger partial charge in [-0.3, -0.25) is 14.8 Å². The van der Waals surface area contributed by atoms with Crippen molar-refractivity contribution in [3.05, 3.63) is 84.2 Å². The molecule has 0 spiro atoms. The lowest BCUT2D eigenvalue weighted by Crippen LogP contribution is -2.12. The Kier molecular flexibility index (Phi) is 4.57. The lowest BCUT2D eigenvalue weighted by molar-refractivity contribution is 0.1000. The van der Waals surface area contributed by atoms with Gasteiger partial charge in [-0.25, -0.2) is 4.98 Å². The van der Waals surface area contributed by atoms with Crippen molar-refractivity contribution in [2.24, 2.45) is 0 Å². The Balaban J connectivity index is 1.52. The van der Waals surface area contributed by atoms with Crippen molar-refractivity contribution in [3.63, 3.8) is 0 Å². The zero-order chi connectivity index (χ0) is 19.6. The number of Topliss-reactive ketones (excluding diaryl/α,β-unsaturated/α-hetero) is 1. The topological polar surface area (TPSA) is 81.5 Å². The summed E-state index contributed by atoms with van der Waals surface area (Å²) in [5.41, 5.74) is 4.38. The average molecular weight is 397 g/mol. The number of hydrogen-bond acceptors (Lipinski definition) is 7. The van der Waals surface area contributed by atoms with Gasteiger partial charge < -0.3 is 0 Å². The summed E-state index contributed by atoms with van der Waals surface area (Å²) in [6.07, 6.45) is 4.09. The minimum Gasteiger partial charge on any atom is -0.293 e. The smallest absolute Gasteiger partial charge is 0.210 e. The van der Waals surface area contributed by atoms with E-state index in [2.05, 4.69) is 20.2 Å². The van der Waals surface area contributed by atoms with Crippen LogP contribution < -0.4 is 0 Å². The lowest BCUT2D eigenvalue weighted by Gasteiger charge is -2.10. The molecule has 4 aromatic rings. The molecule has 3 aromatic heterocycles. The van der Waals surface area contributed by atoms with E-state index in [0.717, 1.165) is 11.1 Å². The van der Waals surface area contributed by atoms with Crippen molar-refractivity contribution in [1.82, 2.24) is 25.1 Å². The molecule has 6 nitrogen and oxygen atoms in total. The molecule has 0 unspecified atom stereocenters. The van der Waals surface area contributed by atoms with Crippen LogP contribution in [0.3, 0.4) is 0 Å². The Bertz CT molecular complexity index is 1180. The molecule has 0 aliphatic heterocycles. The summed E-state index contributed by atoms with van der Waals surface area (Å²) in [5, 5.41) is 8.89. The maximum absolute atomic E-state index is 12.7. The molecular weight excluding hydrogens is 382 g/mol. The van der Waals surface area contributed by atoms with E-state index in [1.807, 2.05) is 60.7 Å². The van der Waals surface area contributed by atoms with Gasteiger partial charge in [0.2, 0.25) is 5.16 Å². The summed E-state index contributed by atoms with van der Waals surface area (Å²) in [4.78, 5) is 26.2.